The van der Waals surface area contributed by atoms with Crippen LogP contribution in [-0.2, 0) is 19.4 Å². The van der Waals surface area contributed by atoms with E-state index < -0.39 is 9.84 Å². The second-order valence-corrected chi connectivity index (χ2v) is 9.90. The van der Waals surface area contributed by atoms with Crippen molar-refractivity contribution in [3.8, 4) is 0 Å². The van der Waals surface area contributed by atoms with Crippen LogP contribution >= 0.6 is 12.4 Å². The van der Waals surface area contributed by atoms with Gasteiger partial charge in [-0.1, -0.05) is 0 Å². The Morgan fingerprint density at radius 3 is 2.44 bits per heavy atom. The predicted molar refractivity (Wildman–Crippen MR) is 99.8 cm³/mol. The zero-order chi connectivity index (χ0) is 17.2. The number of sulfone groups is 1. The van der Waals surface area contributed by atoms with E-state index >= 15 is 0 Å². The van der Waals surface area contributed by atoms with Gasteiger partial charge < -0.3 is 15.0 Å². The van der Waals surface area contributed by atoms with Crippen molar-refractivity contribution >= 4 is 28.2 Å². The van der Waals surface area contributed by atoms with E-state index in [1.54, 1.807) is 7.11 Å². The number of rotatable bonds is 7. The lowest BCUT2D eigenvalue weighted by atomic mass is 9.89. The molecule has 3 aliphatic heterocycles. The van der Waals surface area contributed by atoms with Crippen molar-refractivity contribution < 1.29 is 17.9 Å². The highest BCUT2D eigenvalue weighted by atomic mass is 35.5. The van der Waals surface area contributed by atoms with Gasteiger partial charge in [0.2, 0.25) is 5.91 Å². The van der Waals surface area contributed by atoms with E-state index in [0.717, 1.165) is 19.3 Å². The number of halogens is 1. The molecule has 0 aromatic heterocycles. The molecular weight excluding hydrogens is 364 g/mol. The smallest absolute Gasteiger partial charge is 0.223 e. The first-order valence-electron chi connectivity index (χ1n) is 9.21. The molecule has 0 radical (unpaired) electrons. The standard InChI is InChI=1S/C17H30N2O4S.ClH/c1-23-7-2-6-19(16-5-8-24(21,22)12-16)17(20)11-13-9-14-3-4-15(10-13)18-14;/h13-16,18H,2-12H2,1H3;1H. The Morgan fingerprint density at radius 2 is 1.88 bits per heavy atom. The van der Waals surface area contributed by atoms with Gasteiger partial charge in [0.25, 0.3) is 0 Å². The summed E-state index contributed by atoms with van der Waals surface area (Å²) in [6.45, 7) is 1.20. The van der Waals surface area contributed by atoms with Crippen LogP contribution in [0.15, 0.2) is 0 Å². The van der Waals surface area contributed by atoms with E-state index in [9.17, 15) is 13.2 Å². The van der Waals surface area contributed by atoms with Gasteiger partial charge in [0, 0.05) is 44.8 Å². The maximum absolute atomic E-state index is 12.9. The maximum Gasteiger partial charge on any atom is 0.223 e. The van der Waals surface area contributed by atoms with Crippen LogP contribution in [0, 0.1) is 5.92 Å². The molecule has 3 heterocycles. The summed E-state index contributed by atoms with van der Waals surface area (Å²) in [5.41, 5.74) is 0. The highest BCUT2D eigenvalue weighted by molar-refractivity contribution is 7.91. The van der Waals surface area contributed by atoms with Gasteiger partial charge in [0.15, 0.2) is 9.84 Å². The summed E-state index contributed by atoms with van der Waals surface area (Å²) < 4.78 is 28.7. The number of amides is 1. The first-order chi connectivity index (χ1) is 11.5. The van der Waals surface area contributed by atoms with Crippen LogP contribution < -0.4 is 5.32 Å². The van der Waals surface area contributed by atoms with E-state index in [1.807, 2.05) is 4.90 Å². The molecule has 3 unspecified atom stereocenters. The van der Waals surface area contributed by atoms with Crippen molar-refractivity contribution in [3.63, 3.8) is 0 Å². The molecule has 0 aromatic rings. The Balaban J connectivity index is 0.00000225. The fraction of sp³-hybridized carbons (Fsp3) is 0.941. The SMILES string of the molecule is COCCCN(C(=O)CC1CC2CCC(C1)N2)C1CCS(=O)(=O)C1.Cl. The van der Waals surface area contributed by atoms with Gasteiger partial charge in [-0.15, -0.1) is 12.4 Å². The second kappa shape index (κ2) is 9.02. The number of piperidine rings is 1. The van der Waals surface area contributed by atoms with Crippen molar-refractivity contribution in [1.82, 2.24) is 10.2 Å². The summed E-state index contributed by atoms with van der Waals surface area (Å²) in [4.78, 5) is 14.7. The predicted octanol–water partition coefficient (Wildman–Crippen LogP) is 1.38. The summed E-state index contributed by atoms with van der Waals surface area (Å²) in [6.07, 6.45) is 6.53. The molecule has 3 rings (SSSR count). The number of nitrogens with one attached hydrogen (secondary N) is 1. The van der Waals surface area contributed by atoms with Gasteiger partial charge in [-0.05, 0) is 44.4 Å². The Labute approximate surface area is 157 Å². The first-order valence-corrected chi connectivity index (χ1v) is 11.0. The van der Waals surface area contributed by atoms with Gasteiger partial charge in [0.05, 0.1) is 11.5 Å². The van der Waals surface area contributed by atoms with Crippen molar-refractivity contribution in [2.45, 2.75) is 63.1 Å². The molecule has 0 saturated carbocycles. The molecule has 1 N–H and O–H groups in total. The molecular formula is C17H31ClN2O4S. The minimum absolute atomic E-state index is 0. The topological polar surface area (TPSA) is 75.7 Å². The second-order valence-electron chi connectivity index (χ2n) is 7.67. The average Bonchev–Trinajstić information content (AvgIpc) is 3.05. The van der Waals surface area contributed by atoms with Gasteiger partial charge in [0.1, 0.15) is 0 Å². The fourth-order valence-electron chi connectivity index (χ4n) is 4.62. The lowest BCUT2D eigenvalue weighted by Gasteiger charge is -2.33. The minimum Gasteiger partial charge on any atom is -0.385 e. The Hall–Kier alpha value is -0.370. The van der Waals surface area contributed by atoms with Crippen LogP contribution in [0.3, 0.4) is 0 Å². The quantitative estimate of drug-likeness (QED) is 0.660. The number of hydrogen-bond donors (Lipinski definition) is 1. The lowest BCUT2D eigenvalue weighted by Crippen LogP contribution is -2.44. The monoisotopic (exact) mass is 394 g/mol. The van der Waals surface area contributed by atoms with Gasteiger partial charge >= 0.3 is 0 Å². The first kappa shape index (κ1) is 20.9. The van der Waals surface area contributed by atoms with Crippen LogP contribution in [0.4, 0.5) is 0 Å². The zero-order valence-electron chi connectivity index (χ0n) is 15.0. The Bertz CT molecular complexity index is 545. The largest absolute Gasteiger partial charge is 0.385 e. The number of methoxy groups -OCH3 is 1. The summed E-state index contributed by atoms with van der Waals surface area (Å²) >= 11 is 0. The number of hydrogen-bond acceptors (Lipinski definition) is 5. The van der Waals surface area contributed by atoms with Gasteiger partial charge in [-0.25, -0.2) is 8.42 Å². The Kier molecular flexibility index (Phi) is 7.55. The normalized spacial score (nSPS) is 33.0. The molecule has 0 aromatic carbocycles. The molecule has 25 heavy (non-hydrogen) atoms. The van der Waals surface area contributed by atoms with Gasteiger partial charge in [-0.2, -0.15) is 0 Å². The third kappa shape index (κ3) is 5.55. The molecule has 1 amide bonds. The highest BCUT2D eigenvalue weighted by Crippen LogP contribution is 2.33. The van der Waals surface area contributed by atoms with Crippen LogP contribution in [0.5, 0.6) is 0 Å². The molecule has 2 bridgehead atoms. The molecule has 3 aliphatic rings. The molecule has 0 spiro atoms. The highest BCUT2D eigenvalue weighted by Gasteiger charge is 2.38. The van der Waals surface area contributed by atoms with Crippen molar-refractivity contribution in [1.29, 1.82) is 0 Å². The number of fused-ring (bicyclic) bond motifs is 2. The molecule has 3 saturated heterocycles. The third-order valence-corrected chi connectivity index (χ3v) is 7.50. The summed E-state index contributed by atoms with van der Waals surface area (Å²) in [6, 6.07) is 1.02. The van der Waals surface area contributed by atoms with E-state index in [1.165, 1.54) is 12.8 Å². The van der Waals surface area contributed by atoms with E-state index in [4.69, 9.17) is 4.74 Å². The molecule has 3 fully saturated rings. The third-order valence-electron chi connectivity index (χ3n) is 5.75. The van der Waals surface area contributed by atoms with Crippen molar-refractivity contribution in [3.05, 3.63) is 0 Å². The summed E-state index contributed by atoms with van der Waals surface area (Å²) in [5, 5.41) is 3.61. The number of nitrogens with zero attached hydrogens (tertiary/aromatic N) is 1. The molecule has 6 nitrogen and oxygen atoms in total. The maximum atomic E-state index is 12.9. The molecule has 0 aliphatic carbocycles. The Morgan fingerprint density at radius 1 is 1.20 bits per heavy atom. The molecule has 3 atom stereocenters. The van der Waals surface area contributed by atoms with Crippen molar-refractivity contribution in [2.75, 3.05) is 31.8 Å². The summed E-state index contributed by atoms with van der Waals surface area (Å²) in [5.74, 6) is 0.922. The number of carbonyl (C=O) groups is 1. The van der Waals surface area contributed by atoms with E-state index in [0.29, 0.717) is 44.0 Å². The molecule has 8 heteroatoms. The molecule has 146 valence electrons. The van der Waals surface area contributed by atoms with Crippen LogP contribution in [0.25, 0.3) is 0 Å². The average molecular weight is 395 g/mol. The number of carbonyl (C=O) groups excluding carboxylic acids is 1. The minimum atomic E-state index is -2.98. The van der Waals surface area contributed by atoms with Crippen molar-refractivity contribution in [2.24, 2.45) is 5.92 Å². The number of ether oxygens (including phenoxy) is 1. The fourth-order valence-corrected chi connectivity index (χ4v) is 6.35. The van der Waals surface area contributed by atoms with Crippen LogP contribution in [-0.4, -0.2) is 69.1 Å². The summed E-state index contributed by atoms with van der Waals surface area (Å²) in [7, 11) is -1.33. The van der Waals surface area contributed by atoms with E-state index in [2.05, 4.69) is 5.32 Å². The van der Waals surface area contributed by atoms with Crippen LogP contribution in [0.1, 0.15) is 44.9 Å². The van der Waals surface area contributed by atoms with Crippen LogP contribution in [0.2, 0.25) is 0 Å². The zero-order valence-corrected chi connectivity index (χ0v) is 16.6. The lowest BCUT2D eigenvalue weighted by molar-refractivity contribution is -0.134. The van der Waals surface area contributed by atoms with Gasteiger partial charge in [-0.3, -0.25) is 4.79 Å². The van der Waals surface area contributed by atoms with E-state index in [-0.39, 0.29) is 35.9 Å².